The molecule has 0 unspecified atom stereocenters. The number of ether oxygens (including phenoxy) is 2. The van der Waals surface area contributed by atoms with Crippen LogP contribution in [0.1, 0.15) is 58.8 Å². The predicted octanol–water partition coefficient (Wildman–Crippen LogP) is 3.32. The molecular formula is C13H26O3. The van der Waals surface area contributed by atoms with Gasteiger partial charge in [-0.1, -0.05) is 39.5 Å². The summed E-state index contributed by atoms with van der Waals surface area (Å²) in [6, 6.07) is 0. The number of carbonyl (C=O) groups excluding carboxylic acids is 1. The Morgan fingerprint density at radius 1 is 0.875 bits per heavy atom. The van der Waals surface area contributed by atoms with Crippen molar-refractivity contribution >= 4 is 5.97 Å². The van der Waals surface area contributed by atoms with Crippen LogP contribution in [0, 0.1) is 0 Å². The minimum atomic E-state index is -0.101. The van der Waals surface area contributed by atoms with Crippen LogP contribution in [0.5, 0.6) is 0 Å². The molecule has 3 nitrogen and oxygen atoms in total. The monoisotopic (exact) mass is 230 g/mol. The Balaban J connectivity index is 3.05. The first-order valence-corrected chi connectivity index (χ1v) is 6.54. The number of rotatable bonds is 11. The van der Waals surface area contributed by atoms with Crippen molar-refractivity contribution in [3.8, 4) is 0 Å². The van der Waals surface area contributed by atoms with E-state index in [0.29, 0.717) is 19.6 Å². The number of hydrogen-bond acceptors (Lipinski definition) is 3. The summed E-state index contributed by atoms with van der Waals surface area (Å²) in [6.45, 7) is 5.97. The normalized spacial score (nSPS) is 10.4. The van der Waals surface area contributed by atoms with Gasteiger partial charge in [-0.3, -0.25) is 4.79 Å². The van der Waals surface area contributed by atoms with E-state index in [1.165, 1.54) is 19.3 Å². The fraction of sp³-hybridized carbons (Fsp3) is 0.923. The Kier molecular flexibility index (Phi) is 12.1. The van der Waals surface area contributed by atoms with E-state index in [1.54, 1.807) is 0 Å². The molecule has 0 bridgehead atoms. The highest BCUT2D eigenvalue weighted by molar-refractivity contribution is 5.69. The van der Waals surface area contributed by atoms with Crippen LogP contribution in [0.2, 0.25) is 0 Å². The van der Waals surface area contributed by atoms with Crippen molar-refractivity contribution in [2.24, 2.45) is 0 Å². The van der Waals surface area contributed by atoms with Crippen LogP contribution in [0.15, 0.2) is 0 Å². The van der Waals surface area contributed by atoms with Gasteiger partial charge in [-0.05, 0) is 12.8 Å². The Bertz CT molecular complexity index is 157. The summed E-state index contributed by atoms with van der Waals surface area (Å²) in [5.74, 6) is -0.101. The molecule has 96 valence electrons. The van der Waals surface area contributed by atoms with Gasteiger partial charge in [-0.2, -0.15) is 0 Å². The molecule has 0 aromatic heterocycles. The van der Waals surface area contributed by atoms with E-state index >= 15 is 0 Å². The highest BCUT2D eigenvalue weighted by Crippen LogP contribution is 1.99. The fourth-order valence-corrected chi connectivity index (χ4v) is 1.34. The van der Waals surface area contributed by atoms with Gasteiger partial charge >= 0.3 is 5.97 Å². The summed E-state index contributed by atoms with van der Waals surface area (Å²) in [4.78, 5) is 11.1. The summed E-state index contributed by atoms with van der Waals surface area (Å²) in [5, 5.41) is 0. The van der Waals surface area contributed by atoms with E-state index in [4.69, 9.17) is 9.47 Å². The summed E-state index contributed by atoms with van der Waals surface area (Å²) in [7, 11) is 0. The summed E-state index contributed by atoms with van der Waals surface area (Å²) >= 11 is 0. The van der Waals surface area contributed by atoms with Crippen molar-refractivity contribution in [2.45, 2.75) is 58.8 Å². The highest BCUT2D eigenvalue weighted by atomic mass is 16.6. The van der Waals surface area contributed by atoms with Crippen molar-refractivity contribution in [3.05, 3.63) is 0 Å². The lowest BCUT2D eigenvalue weighted by molar-refractivity contribution is -0.145. The molecule has 0 N–H and O–H groups in total. The molecule has 0 fully saturated rings. The Hall–Kier alpha value is -0.570. The molecule has 0 spiro atoms. The van der Waals surface area contributed by atoms with E-state index in [9.17, 15) is 4.79 Å². The maximum atomic E-state index is 11.1. The molecule has 0 aliphatic rings. The molecule has 0 saturated heterocycles. The number of esters is 1. The van der Waals surface area contributed by atoms with Gasteiger partial charge in [0.1, 0.15) is 6.61 Å². The maximum absolute atomic E-state index is 11.1. The van der Waals surface area contributed by atoms with Crippen molar-refractivity contribution in [1.29, 1.82) is 0 Å². The molecule has 0 radical (unpaired) electrons. The standard InChI is InChI=1S/C13H26O3/c1-3-5-7-8-10-15-11-12-16-13(14)9-6-4-2/h3-12H2,1-2H3. The Morgan fingerprint density at radius 2 is 1.62 bits per heavy atom. The molecule has 0 amide bonds. The van der Waals surface area contributed by atoms with Crippen molar-refractivity contribution in [3.63, 3.8) is 0 Å². The van der Waals surface area contributed by atoms with Gasteiger partial charge in [-0.15, -0.1) is 0 Å². The third kappa shape index (κ3) is 11.5. The van der Waals surface area contributed by atoms with Gasteiger partial charge in [0, 0.05) is 13.0 Å². The van der Waals surface area contributed by atoms with E-state index in [2.05, 4.69) is 13.8 Å². The van der Waals surface area contributed by atoms with Gasteiger partial charge in [0.2, 0.25) is 0 Å². The number of hydrogen-bond donors (Lipinski definition) is 0. The highest BCUT2D eigenvalue weighted by Gasteiger charge is 2.00. The smallest absolute Gasteiger partial charge is 0.305 e. The van der Waals surface area contributed by atoms with E-state index in [0.717, 1.165) is 25.9 Å². The second-order valence-corrected chi connectivity index (χ2v) is 4.00. The number of unbranched alkanes of at least 4 members (excludes halogenated alkanes) is 4. The van der Waals surface area contributed by atoms with Crippen LogP contribution < -0.4 is 0 Å². The van der Waals surface area contributed by atoms with E-state index in [-0.39, 0.29) is 5.97 Å². The minimum Gasteiger partial charge on any atom is -0.463 e. The van der Waals surface area contributed by atoms with Crippen molar-refractivity contribution in [2.75, 3.05) is 19.8 Å². The summed E-state index contributed by atoms with van der Waals surface area (Å²) < 4.78 is 10.4. The topological polar surface area (TPSA) is 35.5 Å². The van der Waals surface area contributed by atoms with Crippen molar-refractivity contribution < 1.29 is 14.3 Å². The Labute approximate surface area is 99.5 Å². The van der Waals surface area contributed by atoms with Gasteiger partial charge in [0.15, 0.2) is 0 Å². The first kappa shape index (κ1) is 15.4. The SMILES string of the molecule is CCCCCCOCCOC(=O)CCCC. The Morgan fingerprint density at radius 3 is 2.31 bits per heavy atom. The third-order valence-electron chi connectivity index (χ3n) is 2.37. The molecule has 0 saturated carbocycles. The van der Waals surface area contributed by atoms with Crippen LogP contribution in [-0.4, -0.2) is 25.8 Å². The van der Waals surface area contributed by atoms with Crippen LogP contribution in [0.4, 0.5) is 0 Å². The van der Waals surface area contributed by atoms with Gasteiger partial charge in [0.05, 0.1) is 6.61 Å². The molecule has 3 heteroatoms. The van der Waals surface area contributed by atoms with Crippen molar-refractivity contribution in [1.82, 2.24) is 0 Å². The van der Waals surface area contributed by atoms with Gasteiger partial charge in [-0.25, -0.2) is 0 Å². The zero-order chi connectivity index (χ0) is 12.1. The second-order valence-electron chi connectivity index (χ2n) is 4.00. The first-order valence-electron chi connectivity index (χ1n) is 6.54. The zero-order valence-corrected chi connectivity index (χ0v) is 10.8. The van der Waals surface area contributed by atoms with Crippen LogP contribution in [-0.2, 0) is 14.3 Å². The molecule has 0 atom stereocenters. The molecule has 0 rings (SSSR count). The molecule has 16 heavy (non-hydrogen) atoms. The average molecular weight is 230 g/mol. The zero-order valence-electron chi connectivity index (χ0n) is 10.8. The van der Waals surface area contributed by atoms with E-state index in [1.807, 2.05) is 0 Å². The van der Waals surface area contributed by atoms with Crippen LogP contribution in [0.25, 0.3) is 0 Å². The fourth-order valence-electron chi connectivity index (χ4n) is 1.34. The molecule has 0 aromatic rings. The molecular weight excluding hydrogens is 204 g/mol. The quantitative estimate of drug-likeness (QED) is 0.403. The van der Waals surface area contributed by atoms with E-state index < -0.39 is 0 Å². The largest absolute Gasteiger partial charge is 0.463 e. The van der Waals surface area contributed by atoms with Gasteiger partial charge < -0.3 is 9.47 Å². The molecule has 0 aliphatic carbocycles. The predicted molar refractivity (Wildman–Crippen MR) is 65.4 cm³/mol. The molecule has 0 aliphatic heterocycles. The lowest BCUT2D eigenvalue weighted by atomic mass is 10.2. The average Bonchev–Trinajstić information content (AvgIpc) is 2.30. The lowest BCUT2D eigenvalue weighted by Crippen LogP contribution is -2.10. The van der Waals surface area contributed by atoms with Crippen LogP contribution in [0.3, 0.4) is 0 Å². The van der Waals surface area contributed by atoms with Gasteiger partial charge in [0.25, 0.3) is 0 Å². The maximum Gasteiger partial charge on any atom is 0.305 e. The summed E-state index contributed by atoms with van der Waals surface area (Å²) in [6.07, 6.45) is 7.33. The first-order chi connectivity index (χ1) is 7.81. The number of carbonyl (C=O) groups is 1. The lowest BCUT2D eigenvalue weighted by Gasteiger charge is -2.05. The third-order valence-corrected chi connectivity index (χ3v) is 2.37. The molecule has 0 aromatic carbocycles. The second kappa shape index (κ2) is 12.5. The summed E-state index contributed by atoms with van der Waals surface area (Å²) in [5.41, 5.74) is 0. The molecule has 0 heterocycles. The van der Waals surface area contributed by atoms with Crippen LogP contribution >= 0.6 is 0 Å². The minimum absolute atomic E-state index is 0.101.